The number of nitrogens with zero attached hydrogens (tertiary/aromatic N) is 1. The summed E-state index contributed by atoms with van der Waals surface area (Å²) in [4.78, 5) is 24.9. The molecule has 0 radical (unpaired) electrons. The lowest BCUT2D eigenvalue weighted by Gasteiger charge is -2.14. The second kappa shape index (κ2) is 12.0. The largest absolute Gasteiger partial charge is 0.480 e. The van der Waals surface area contributed by atoms with Gasteiger partial charge in [0.15, 0.2) is 6.10 Å². The van der Waals surface area contributed by atoms with Crippen molar-refractivity contribution in [1.29, 1.82) is 0 Å². The molecule has 36 heavy (non-hydrogen) atoms. The van der Waals surface area contributed by atoms with E-state index in [0.29, 0.717) is 17.1 Å². The van der Waals surface area contributed by atoms with Crippen molar-refractivity contribution in [2.24, 2.45) is 5.10 Å². The zero-order valence-electron chi connectivity index (χ0n) is 19.4. The normalized spacial score (nSPS) is 12.1. The molecule has 6 nitrogen and oxygen atoms in total. The van der Waals surface area contributed by atoms with E-state index in [2.05, 4.69) is 26.5 Å². The lowest BCUT2D eigenvalue weighted by Crippen LogP contribution is -2.33. The van der Waals surface area contributed by atoms with Gasteiger partial charge >= 0.3 is 5.97 Å². The van der Waals surface area contributed by atoms with Crippen LogP contribution in [0, 0.1) is 0 Å². The van der Waals surface area contributed by atoms with Crippen LogP contribution in [-0.4, -0.2) is 24.2 Å². The molecule has 1 atom stereocenters. The summed E-state index contributed by atoms with van der Waals surface area (Å²) in [6.45, 7) is 1.65. The van der Waals surface area contributed by atoms with Gasteiger partial charge in [-0.2, -0.15) is 5.10 Å². The quantitative estimate of drug-likeness (QED) is 0.0953. The molecule has 7 heteroatoms. The predicted octanol–water partition coefficient (Wildman–Crippen LogP) is 6.14. The van der Waals surface area contributed by atoms with E-state index in [4.69, 9.17) is 9.47 Å². The lowest BCUT2D eigenvalue weighted by molar-refractivity contribution is -0.129. The number of hydrogen-bond acceptors (Lipinski definition) is 5. The summed E-state index contributed by atoms with van der Waals surface area (Å²) >= 11 is 3.40. The highest BCUT2D eigenvalue weighted by atomic mass is 79.9. The summed E-state index contributed by atoms with van der Waals surface area (Å²) in [5, 5.41) is 5.98. The van der Waals surface area contributed by atoms with Gasteiger partial charge in [-0.25, -0.2) is 10.2 Å². The van der Waals surface area contributed by atoms with E-state index < -0.39 is 18.0 Å². The zero-order chi connectivity index (χ0) is 25.3. The van der Waals surface area contributed by atoms with Crippen LogP contribution in [0.5, 0.6) is 11.5 Å². The number of hydrazone groups is 1. The van der Waals surface area contributed by atoms with E-state index in [-0.39, 0.29) is 0 Å². The molecule has 1 amide bonds. The van der Waals surface area contributed by atoms with Crippen molar-refractivity contribution in [3.63, 3.8) is 0 Å². The fourth-order valence-electron chi connectivity index (χ4n) is 3.38. The van der Waals surface area contributed by atoms with Crippen molar-refractivity contribution < 1.29 is 19.1 Å². The summed E-state index contributed by atoms with van der Waals surface area (Å²) in [6, 6.07) is 28.1. The second-order valence-electron chi connectivity index (χ2n) is 7.82. The number of hydrogen-bond donors (Lipinski definition) is 1. The first-order chi connectivity index (χ1) is 17.5. The van der Waals surface area contributed by atoms with Gasteiger partial charge in [0.05, 0.1) is 6.21 Å². The van der Waals surface area contributed by atoms with Crippen LogP contribution in [0.15, 0.2) is 107 Å². The molecular weight excluding hydrogens is 520 g/mol. The van der Waals surface area contributed by atoms with Gasteiger partial charge < -0.3 is 9.47 Å². The summed E-state index contributed by atoms with van der Waals surface area (Å²) in [5.41, 5.74) is 3.87. The molecule has 0 fully saturated rings. The van der Waals surface area contributed by atoms with Crippen LogP contribution in [0.4, 0.5) is 0 Å². The molecule has 0 aromatic heterocycles. The van der Waals surface area contributed by atoms with Crippen molar-refractivity contribution >= 4 is 50.9 Å². The minimum atomic E-state index is -0.782. The number of rotatable bonds is 8. The molecule has 0 aliphatic rings. The fraction of sp³-hybridized carbons (Fsp3) is 0.0690. The Bertz CT molecular complexity index is 1430. The maximum atomic E-state index is 12.6. The van der Waals surface area contributed by atoms with Gasteiger partial charge in [-0.1, -0.05) is 82.7 Å². The fourth-order valence-corrected chi connectivity index (χ4v) is 3.76. The molecule has 180 valence electrons. The Morgan fingerprint density at radius 1 is 0.917 bits per heavy atom. The Kier molecular flexibility index (Phi) is 8.26. The number of halogens is 1. The molecule has 4 rings (SSSR count). The maximum Gasteiger partial charge on any atom is 0.336 e. The average molecular weight is 543 g/mol. The molecule has 0 heterocycles. The van der Waals surface area contributed by atoms with Gasteiger partial charge in [0.2, 0.25) is 0 Å². The van der Waals surface area contributed by atoms with Crippen molar-refractivity contribution in [3.05, 3.63) is 113 Å². The van der Waals surface area contributed by atoms with Gasteiger partial charge in [0, 0.05) is 21.5 Å². The summed E-state index contributed by atoms with van der Waals surface area (Å²) < 4.78 is 12.1. The third-order valence-corrected chi connectivity index (χ3v) is 5.69. The van der Waals surface area contributed by atoms with Crippen molar-refractivity contribution in [2.45, 2.75) is 13.0 Å². The number of nitrogens with one attached hydrogen (secondary N) is 1. The van der Waals surface area contributed by atoms with Gasteiger partial charge in [0.1, 0.15) is 11.5 Å². The van der Waals surface area contributed by atoms with Crippen LogP contribution in [-0.2, 0) is 9.59 Å². The molecule has 4 aromatic rings. The molecule has 0 saturated heterocycles. The Morgan fingerprint density at radius 2 is 1.67 bits per heavy atom. The van der Waals surface area contributed by atoms with E-state index in [0.717, 1.165) is 20.8 Å². The molecular formula is C29H23BrN2O4. The Labute approximate surface area is 217 Å². The molecule has 1 unspecified atom stereocenters. The Balaban J connectivity index is 1.39. The van der Waals surface area contributed by atoms with Crippen molar-refractivity contribution in [2.75, 3.05) is 0 Å². The van der Waals surface area contributed by atoms with E-state index in [1.807, 2.05) is 72.8 Å². The minimum Gasteiger partial charge on any atom is -0.480 e. The minimum absolute atomic E-state index is 0.305. The van der Waals surface area contributed by atoms with Crippen molar-refractivity contribution in [3.8, 4) is 11.5 Å². The third kappa shape index (κ3) is 6.67. The Morgan fingerprint density at radius 3 is 2.50 bits per heavy atom. The zero-order valence-corrected chi connectivity index (χ0v) is 21.0. The highest BCUT2D eigenvalue weighted by Gasteiger charge is 2.15. The molecule has 0 aliphatic heterocycles. The number of amides is 1. The molecule has 0 saturated carbocycles. The van der Waals surface area contributed by atoms with Crippen LogP contribution in [0.3, 0.4) is 0 Å². The highest BCUT2D eigenvalue weighted by molar-refractivity contribution is 9.10. The molecule has 0 spiro atoms. The van der Waals surface area contributed by atoms with Crippen LogP contribution >= 0.6 is 15.9 Å². The average Bonchev–Trinajstić information content (AvgIpc) is 2.89. The number of carbonyl (C=O) groups is 2. The monoisotopic (exact) mass is 542 g/mol. The smallest absolute Gasteiger partial charge is 0.336 e. The first kappa shape index (κ1) is 24.9. The second-order valence-corrected chi connectivity index (χ2v) is 8.73. The molecule has 0 aliphatic carbocycles. The Hall–Kier alpha value is -4.23. The highest BCUT2D eigenvalue weighted by Crippen LogP contribution is 2.26. The standard InChI is InChI=1S/C29H23BrN2O4/c1-20(35-27-13-7-11-22-10-5-6-12-25(22)27)29(34)32-31-19-23-18-24(30)15-16-26(23)36-28(33)17-14-21-8-3-2-4-9-21/h2-20H,1H3,(H,32,34). The summed E-state index contributed by atoms with van der Waals surface area (Å²) in [7, 11) is 0. The third-order valence-electron chi connectivity index (χ3n) is 5.19. The lowest BCUT2D eigenvalue weighted by atomic mass is 10.1. The van der Waals surface area contributed by atoms with E-state index in [1.165, 1.54) is 12.3 Å². The van der Waals surface area contributed by atoms with Gasteiger partial charge in [-0.15, -0.1) is 0 Å². The van der Waals surface area contributed by atoms with E-state index >= 15 is 0 Å². The van der Waals surface area contributed by atoms with Crippen LogP contribution in [0.1, 0.15) is 18.1 Å². The van der Waals surface area contributed by atoms with Crippen LogP contribution in [0.25, 0.3) is 16.8 Å². The number of carbonyl (C=O) groups excluding carboxylic acids is 2. The SMILES string of the molecule is CC(Oc1cccc2ccccc12)C(=O)NN=Cc1cc(Br)ccc1OC(=O)C=Cc1ccccc1. The number of ether oxygens (including phenoxy) is 2. The van der Waals surface area contributed by atoms with E-state index in [1.54, 1.807) is 31.2 Å². The number of esters is 1. The van der Waals surface area contributed by atoms with Gasteiger partial charge in [-0.05, 0) is 48.2 Å². The number of benzene rings is 4. The van der Waals surface area contributed by atoms with Gasteiger partial charge in [-0.3, -0.25) is 4.79 Å². The summed E-state index contributed by atoms with van der Waals surface area (Å²) in [5.74, 6) is -0.0288. The van der Waals surface area contributed by atoms with Crippen LogP contribution in [0.2, 0.25) is 0 Å². The summed E-state index contributed by atoms with van der Waals surface area (Å²) in [6.07, 6.45) is 3.66. The first-order valence-corrected chi connectivity index (χ1v) is 12.0. The molecule has 1 N–H and O–H groups in total. The molecule has 4 aromatic carbocycles. The van der Waals surface area contributed by atoms with E-state index in [9.17, 15) is 9.59 Å². The molecule has 0 bridgehead atoms. The topological polar surface area (TPSA) is 77.0 Å². The van der Waals surface area contributed by atoms with Crippen LogP contribution < -0.4 is 14.9 Å². The number of fused-ring (bicyclic) bond motifs is 1. The predicted molar refractivity (Wildman–Crippen MR) is 145 cm³/mol. The maximum absolute atomic E-state index is 12.6. The first-order valence-electron chi connectivity index (χ1n) is 11.2. The van der Waals surface area contributed by atoms with Crippen molar-refractivity contribution in [1.82, 2.24) is 5.43 Å². The van der Waals surface area contributed by atoms with Gasteiger partial charge in [0.25, 0.3) is 5.91 Å².